The molecule has 2 rings (SSSR count). The summed E-state index contributed by atoms with van der Waals surface area (Å²) in [6.07, 6.45) is 1.46. The van der Waals surface area contributed by atoms with Crippen molar-refractivity contribution < 1.29 is 8.78 Å². The molecular formula is C13H12F2N2. The van der Waals surface area contributed by atoms with Crippen molar-refractivity contribution in [1.82, 2.24) is 4.98 Å². The van der Waals surface area contributed by atoms with Crippen LogP contribution >= 0.6 is 0 Å². The van der Waals surface area contributed by atoms with Gasteiger partial charge in [-0.05, 0) is 36.2 Å². The molecule has 1 aromatic carbocycles. The van der Waals surface area contributed by atoms with E-state index < -0.39 is 11.9 Å². The Morgan fingerprint density at radius 3 is 2.59 bits per heavy atom. The van der Waals surface area contributed by atoms with E-state index in [2.05, 4.69) is 4.98 Å². The third-order valence-electron chi connectivity index (χ3n) is 2.64. The average molecular weight is 234 g/mol. The van der Waals surface area contributed by atoms with Gasteiger partial charge in [-0.1, -0.05) is 12.1 Å². The van der Waals surface area contributed by atoms with Crippen LogP contribution < -0.4 is 5.73 Å². The largest absolute Gasteiger partial charge is 0.319 e. The van der Waals surface area contributed by atoms with Crippen LogP contribution in [0.2, 0.25) is 0 Å². The maximum atomic E-state index is 13.5. The smallest absolute Gasteiger partial charge is 0.146 e. The molecule has 1 heterocycles. The second kappa shape index (κ2) is 4.59. The van der Waals surface area contributed by atoms with Gasteiger partial charge in [0.2, 0.25) is 0 Å². The lowest BCUT2D eigenvalue weighted by atomic mass is 10.0. The molecule has 0 radical (unpaired) electrons. The first kappa shape index (κ1) is 11.7. The highest BCUT2D eigenvalue weighted by molar-refractivity contribution is 5.31. The first-order chi connectivity index (χ1) is 8.09. The number of aromatic nitrogens is 1. The number of halogens is 2. The maximum absolute atomic E-state index is 13.5. The van der Waals surface area contributed by atoms with Crippen molar-refractivity contribution in [3.8, 4) is 0 Å². The topological polar surface area (TPSA) is 38.9 Å². The summed E-state index contributed by atoms with van der Waals surface area (Å²) in [4.78, 5) is 3.88. The molecule has 0 bridgehead atoms. The van der Waals surface area contributed by atoms with Crippen LogP contribution in [0.5, 0.6) is 0 Å². The quantitative estimate of drug-likeness (QED) is 0.867. The predicted molar refractivity (Wildman–Crippen MR) is 61.4 cm³/mol. The molecule has 0 aliphatic heterocycles. The van der Waals surface area contributed by atoms with Crippen LogP contribution in [-0.4, -0.2) is 4.98 Å². The average Bonchev–Trinajstić information content (AvgIpc) is 2.32. The second-order valence-corrected chi connectivity index (χ2v) is 3.86. The van der Waals surface area contributed by atoms with Crippen molar-refractivity contribution in [2.75, 3.05) is 0 Å². The van der Waals surface area contributed by atoms with E-state index >= 15 is 0 Å². The Morgan fingerprint density at radius 2 is 1.94 bits per heavy atom. The molecule has 4 heteroatoms. The Hall–Kier alpha value is -1.81. The Kier molecular flexibility index (Phi) is 3.15. The molecule has 0 saturated heterocycles. The molecule has 2 N–H and O–H groups in total. The van der Waals surface area contributed by atoms with Gasteiger partial charge in [0.15, 0.2) is 0 Å². The first-order valence-corrected chi connectivity index (χ1v) is 5.21. The van der Waals surface area contributed by atoms with Crippen molar-refractivity contribution in [1.29, 1.82) is 0 Å². The lowest BCUT2D eigenvalue weighted by Crippen LogP contribution is -2.15. The summed E-state index contributed by atoms with van der Waals surface area (Å²) in [5.41, 5.74) is 7.02. The second-order valence-electron chi connectivity index (χ2n) is 3.86. The first-order valence-electron chi connectivity index (χ1n) is 5.21. The zero-order chi connectivity index (χ0) is 12.4. The Balaban J connectivity index is 2.40. The van der Waals surface area contributed by atoms with Crippen molar-refractivity contribution in [2.24, 2.45) is 5.73 Å². The molecule has 1 unspecified atom stereocenters. The van der Waals surface area contributed by atoms with Crippen LogP contribution in [0.25, 0.3) is 0 Å². The molecule has 2 nitrogen and oxygen atoms in total. The Morgan fingerprint density at radius 1 is 1.18 bits per heavy atom. The Labute approximate surface area is 98.1 Å². The highest BCUT2D eigenvalue weighted by Crippen LogP contribution is 2.21. The van der Waals surface area contributed by atoms with Crippen LogP contribution in [0.3, 0.4) is 0 Å². The van der Waals surface area contributed by atoms with E-state index in [1.165, 1.54) is 24.4 Å². The van der Waals surface area contributed by atoms with Gasteiger partial charge in [0.05, 0.1) is 11.7 Å². The van der Waals surface area contributed by atoms with Crippen LogP contribution in [0.15, 0.2) is 36.5 Å². The van der Waals surface area contributed by atoms with Gasteiger partial charge in [-0.2, -0.15) is 0 Å². The molecule has 0 aliphatic rings. The van der Waals surface area contributed by atoms with E-state index in [-0.39, 0.29) is 11.5 Å². The number of aryl methyl sites for hydroxylation is 1. The number of hydrogen-bond acceptors (Lipinski definition) is 2. The molecule has 88 valence electrons. The number of pyridine rings is 1. The molecule has 17 heavy (non-hydrogen) atoms. The lowest BCUT2D eigenvalue weighted by Gasteiger charge is -2.12. The standard InChI is InChI=1S/C13H12F2N2/c1-8-4-5-9(7-11(8)15)12(16)13-10(14)3-2-6-17-13/h2-7,12H,16H2,1H3. The molecule has 0 spiro atoms. The zero-order valence-corrected chi connectivity index (χ0v) is 9.32. The number of benzene rings is 1. The summed E-state index contributed by atoms with van der Waals surface area (Å²) < 4.78 is 26.9. The molecule has 1 atom stereocenters. The molecule has 0 saturated carbocycles. The van der Waals surface area contributed by atoms with Crippen molar-refractivity contribution in [2.45, 2.75) is 13.0 Å². The van der Waals surface area contributed by atoms with E-state index in [9.17, 15) is 8.78 Å². The van der Waals surface area contributed by atoms with E-state index in [0.29, 0.717) is 11.1 Å². The highest BCUT2D eigenvalue weighted by Gasteiger charge is 2.15. The number of nitrogens with two attached hydrogens (primary N) is 1. The molecule has 0 amide bonds. The third kappa shape index (κ3) is 2.31. The lowest BCUT2D eigenvalue weighted by molar-refractivity contribution is 0.582. The highest BCUT2D eigenvalue weighted by atomic mass is 19.1. The van der Waals surface area contributed by atoms with Gasteiger partial charge in [-0.3, -0.25) is 4.98 Å². The summed E-state index contributed by atoms with van der Waals surface area (Å²) >= 11 is 0. The molecular weight excluding hydrogens is 222 g/mol. The zero-order valence-electron chi connectivity index (χ0n) is 9.32. The van der Waals surface area contributed by atoms with Gasteiger partial charge in [0, 0.05) is 6.20 Å². The van der Waals surface area contributed by atoms with Gasteiger partial charge >= 0.3 is 0 Å². The summed E-state index contributed by atoms with van der Waals surface area (Å²) in [6.45, 7) is 1.66. The van der Waals surface area contributed by atoms with Gasteiger partial charge in [-0.15, -0.1) is 0 Å². The summed E-state index contributed by atoms with van der Waals surface area (Å²) in [5.74, 6) is -0.838. The summed E-state index contributed by atoms with van der Waals surface area (Å²) in [5, 5.41) is 0. The molecule has 2 aromatic rings. The number of rotatable bonds is 2. The van der Waals surface area contributed by atoms with Crippen molar-refractivity contribution >= 4 is 0 Å². The third-order valence-corrected chi connectivity index (χ3v) is 2.64. The van der Waals surface area contributed by atoms with Gasteiger partial charge < -0.3 is 5.73 Å². The molecule has 0 aliphatic carbocycles. The minimum Gasteiger partial charge on any atom is -0.319 e. The molecule has 0 fully saturated rings. The minimum absolute atomic E-state index is 0.121. The van der Waals surface area contributed by atoms with Crippen LogP contribution in [0, 0.1) is 18.6 Å². The van der Waals surface area contributed by atoms with Crippen LogP contribution in [-0.2, 0) is 0 Å². The number of hydrogen-bond donors (Lipinski definition) is 1. The van der Waals surface area contributed by atoms with Crippen LogP contribution in [0.1, 0.15) is 22.9 Å². The SMILES string of the molecule is Cc1ccc(C(N)c2ncccc2F)cc1F. The van der Waals surface area contributed by atoms with Crippen molar-refractivity contribution in [3.63, 3.8) is 0 Å². The Bertz CT molecular complexity index is 541. The molecule has 1 aromatic heterocycles. The van der Waals surface area contributed by atoms with E-state index in [1.807, 2.05) is 0 Å². The fraction of sp³-hybridized carbons (Fsp3) is 0.154. The van der Waals surface area contributed by atoms with E-state index in [4.69, 9.17) is 5.73 Å². The van der Waals surface area contributed by atoms with E-state index in [1.54, 1.807) is 19.1 Å². The monoisotopic (exact) mass is 234 g/mol. The van der Waals surface area contributed by atoms with E-state index in [0.717, 1.165) is 0 Å². The van der Waals surface area contributed by atoms with Gasteiger partial charge in [0.1, 0.15) is 11.6 Å². The van der Waals surface area contributed by atoms with Crippen LogP contribution in [0.4, 0.5) is 8.78 Å². The predicted octanol–water partition coefficient (Wildman–Crippen LogP) is 2.72. The fourth-order valence-corrected chi connectivity index (χ4v) is 1.59. The fourth-order valence-electron chi connectivity index (χ4n) is 1.59. The number of nitrogens with zero attached hydrogens (tertiary/aromatic N) is 1. The van der Waals surface area contributed by atoms with Gasteiger partial charge in [-0.25, -0.2) is 8.78 Å². The van der Waals surface area contributed by atoms with Crippen molar-refractivity contribution in [3.05, 3.63) is 65.0 Å². The summed E-state index contributed by atoms with van der Waals surface area (Å²) in [7, 11) is 0. The van der Waals surface area contributed by atoms with Gasteiger partial charge in [0.25, 0.3) is 0 Å². The normalized spacial score (nSPS) is 12.5. The summed E-state index contributed by atoms with van der Waals surface area (Å²) in [6, 6.07) is 6.62. The minimum atomic E-state index is -0.758. The maximum Gasteiger partial charge on any atom is 0.146 e.